The summed E-state index contributed by atoms with van der Waals surface area (Å²) in [5.74, 6) is 1.79. The van der Waals surface area contributed by atoms with Crippen LogP contribution in [-0.4, -0.2) is 16.7 Å². The first-order valence-electron chi connectivity index (χ1n) is 6.59. The van der Waals surface area contributed by atoms with Crippen LogP contribution in [0.3, 0.4) is 0 Å². The maximum Gasteiger partial charge on any atom is 0.207 e. The van der Waals surface area contributed by atoms with Crippen LogP contribution in [-0.2, 0) is 6.54 Å². The lowest BCUT2D eigenvalue weighted by atomic mass is 10.2. The third-order valence-corrected chi connectivity index (χ3v) is 3.01. The van der Waals surface area contributed by atoms with Gasteiger partial charge in [-0.15, -0.1) is 0 Å². The van der Waals surface area contributed by atoms with Gasteiger partial charge in [0.05, 0.1) is 12.8 Å². The fourth-order valence-electron chi connectivity index (χ4n) is 2.14. The lowest BCUT2D eigenvalue weighted by molar-refractivity contribution is 0.412. The third-order valence-electron chi connectivity index (χ3n) is 3.01. The predicted molar refractivity (Wildman–Crippen MR) is 78.3 cm³/mol. The van der Waals surface area contributed by atoms with E-state index < -0.39 is 0 Å². The van der Waals surface area contributed by atoms with Gasteiger partial charge in [-0.05, 0) is 44.0 Å². The van der Waals surface area contributed by atoms with Crippen molar-refractivity contribution in [3.8, 4) is 5.75 Å². The topological polar surface area (TPSA) is 39.1 Å². The minimum atomic E-state index is 0.893. The largest absolute Gasteiger partial charge is 0.496 e. The molecule has 2 aromatic rings. The van der Waals surface area contributed by atoms with Gasteiger partial charge in [0, 0.05) is 18.4 Å². The molecule has 0 amide bonds. The molecule has 2 rings (SSSR count). The normalized spacial score (nSPS) is 10.5. The SMILES string of the molecule is CCCn1cc(C)nc1Nc1ccc(OC)c(C)c1. The van der Waals surface area contributed by atoms with Gasteiger partial charge < -0.3 is 14.6 Å². The zero-order valence-electron chi connectivity index (χ0n) is 12.0. The molecule has 4 heteroatoms. The number of methoxy groups -OCH3 is 1. The minimum Gasteiger partial charge on any atom is -0.496 e. The summed E-state index contributed by atoms with van der Waals surface area (Å²) >= 11 is 0. The first kappa shape index (κ1) is 13.5. The van der Waals surface area contributed by atoms with E-state index in [0.717, 1.165) is 41.6 Å². The molecule has 0 radical (unpaired) electrons. The van der Waals surface area contributed by atoms with Crippen LogP contribution >= 0.6 is 0 Å². The molecule has 1 N–H and O–H groups in total. The molecular formula is C15H21N3O. The smallest absolute Gasteiger partial charge is 0.207 e. The first-order valence-corrected chi connectivity index (χ1v) is 6.59. The van der Waals surface area contributed by atoms with E-state index in [9.17, 15) is 0 Å². The first-order chi connectivity index (χ1) is 9.13. The summed E-state index contributed by atoms with van der Waals surface area (Å²) in [6.07, 6.45) is 3.16. The van der Waals surface area contributed by atoms with Gasteiger partial charge >= 0.3 is 0 Å². The van der Waals surface area contributed by atoms with Crippen LogP contribution in [0.1, 0.15) is 24.6 Å². The van der Waals surface area contributed by atoms with Crippen LogP contribution in [0.2, 0.25) is 0 Å². The number of benzene rings is 1. The van der Waals surface area contributed by atoms with Crippen LogP contribution in [0.5, 0.6) is 5.75 Å². The highest BCUT2D eigenvalue weighted by Gasteiger charge is 2.06. The zero-order chi connectivity index (χ0) is 13.8. The Kier molecular flexibility index (Phi) is 4.10. The van der Waals surface area contributed by atoms with Crippen molar-refractivity contribution in [2.24, 2.45) is 0 Å². The van der Waals surface area contributed by atoms with Crippen molar-refractivity contribution in [3.63, 3.8) is 0 Å². The Morgan fingerprint density at radius 3 is 2.74 bits per heavy atom. The summed E-state index contributed by atoms with van der Waals surface area (Å²) in [6, 6.07) is 6.04. The van der Waals surface area contributed by atoms with Gasteiger partial charge in [0.2, 0.25) is 5.95 Å². The van der Waals surface area contributed by atoms with Crippen molar-refractivity contribution in [1.82, 2.24) is 9.55 Å². The van der Waals surface area contributed by atoms with Crippen LogP contribution in [0.15, 0.2) is 24.4 Å². The summed E-state index contributed by atoms with van der Waals surface area (Å²) < 4.78 is 7.42. The molecule has 0 saturated heterocycles. The summed E-state index contributed by atoms with van der Waals surface area (Å²) in [5.41, 5.74) is 3.17. The van der Waals surface area contributed by atoms with Crippen LogP contribution < -0.4 is 10.1 Å². The molecule has 4 nitrogen and oxygen atoms in total. The number of aryl methyl sites for hydroxylation is 3. The summed E-state index contributed by atoms with van der Waals surface area (Å²) in [6.45, 7) is 7.18. The zero-order valence-corrected chi connectivity index (χ0v) is 12.0. The monoisotopic (exact) mass is 259 g/mol. The summed E-state index contributed by atoms with van der Waals surface area (Å²) in [4.78, 5) is 4.52. The molecule has 0 bridgehead atoms. The molecule has 0 aliphatic heterocycles. The number of hydrogen-bond donors (Lipinski definition) is 1. The molecule has 102 valence electrons. The van der Waals surface area contributed by atoms with Crippen molar-refractivity contribution in [1.29, 1.82) is 0 Å². The van der Waals surface area contributed by atoms with Gasteiger partial charge in [0.25, 0.3) is 0 Å². The van der Waals surface area contributed by atoms with Gasteiger partial charge in [0.15, 0.2) is 0 Å². The average Bonchev–Trinajstić information content (AvgIpc) is 2.70. The molecule has 1 aromatic carbocycles. The third kappa shape index (κ3) is 3.08. The number of ether oxygens (including phenoxy) is 1. The Hall–Kier alpha value is -1.97. The number of imidazole rings is 1. The standard InChI is InChI=1S/C15H21N3O/c1-5-8-18-10-12(3)16-15(18)17-13-6-7-14(19-4)11(2)9-13/h6-7,9-10H,5,8H2,1-4H3,(H,16,17). The van der Waals surface area contributed by atoms with Crippen LogP contribution in [0.25, 0.3) is 0 Å². The average molecular weight is 259 g/mol. The Balaban J connectivity index is 2.23. The Bertz CT molecular complexity index is 561. The highest BCUT2D eigenvalue weighted by atomic mass is 16.5. The van der Waals surface area contributed by atoms with Crippen LogP contribution in [0, 0.1) is 13.8 Å². The second-order valence-electron chi connectivity index (χ2n) is 4.71. The molecule has 0 saturated carbocycles. The summed E-state index contributed by atoms with van der Waals surface area (Å²) in [5, 5.41) is 3.37. The highest BCUT2D eigenvalue weighted by molar-refractivity contribution is 5.57. The number of anilines is 2. The Morgan fingerprint density at radius 1 is 1.32 bits per heavy atom. The molecule has 0 atom stereocenters. The van der Waals surface area contributed by atoms with E-state index in [1.807, 2.05) is 26.0 Å². The maximum absolute atomic E-state index is 5.27. The second-order valence-corrected chi connectivity index (χ2v) is 4.71. The van der Waals surface area contributed by atoms with E-state index in [4.69, 9.17) is 4.74 Å². The van der Waals surface area contributed by atoms with E-state index in [1.54, 1.807) is 7.11 Å². The quantitative estimate of drug-likeness (QED) is 0.890. The number of hydrogen-bond acceptors (Lipinski definition) is 3. The number of aromatic nitrogens is 2. The molecule has 19 heavy (non-hydrogen) atoms. The molecule has 0 unspecified atom stereocenters. The van der Waals surface area contributed by atoms with Gasteiger partial charge in [-0.25, -0.2) is 4.98 Å². The fourth-order valence-corrected chi connectivity index (χ4v) is 2.14. The van der Waals surface area contributed by atoms with E-state index in [1.165, 1.54) is 0 Å². The highest BCUT2D eigenvalue weighted by Crippen LogP contribution is 2.24. The fraction of sp³-hybridized carbons (Fsp3) is 0.400. The number of nitrogens with zero attached hydrogens (tertiary/aromatic N) is 2. The van der Waals surface area contributed by atoms with E-state index in [2.05, 4.69) is 34.1 Å². The van der Waals surface area contributed by atoms with Gasteiger partial charge in [0.1, 0.15) is 5.75 Å². The second kappa shape index (κ2) is 5.78. The molecular weight excluding hydrogens is 238 g/mol. The Labute approximate surface area is 114 Å². The molecule has 0 aliphatic rings. The Morgan fingerprint density at radius 2 is 2.11 bits per heavy atom. The van der Waals surface area contributed by atoms with Crippen molar-refractivity contribution >= 4 is 11.6 Å². The number of rotatable bonds is 5. The molecule has 0 fully saturated rings. The van der Waals surface area contributed by atoms with Gasteiger partial charge in [-0.2, -0.15) is 0 Å². The van der Waals surface area contributed by atoms with Crippen molar-refractivity contribution in [2.75, 3.05) is 12.4 Å². The molecule has 1 heterocycles. The van der Waals surface area contributed by atoms with Crippen molar-refractivity contribution in [2.45, 2.75) is 33.7 Å². The number of nitrogens with one attached hydrogen (secondary N) is 1. The molecule has 0 spiro atoms. The van der Waals surface area contributed by atoms with Crippen molar-refractivity contribution < 1.29 is 4.74 Å². The predicted octanol–water partition coefficient (Wildman–Crippen LogP) is 3.66. The van der Waals surface area contributed by atoms with Crippen molar-refractivity contribution in [3.05, 3.63) is 35.7 Å². The van der Waals surface area contributed by atoms with E-state index >= 15 is 0 Å². The minimum absolute atomic E-state index is 0.893. The van der Waals surface area contributed by atoms with E-state index in [-0.39, 0.29) is 0 Å². The lowest BCUT2D eigenvalue weighted by Crippen LogP contribution is -2.03. The van der Waals surface area contributed by atoms with Crippen LogP contribution in [0.4, 0.5) is 11.6 Å². The molecule has 0 aliphatic carbocycles. The summed E-state index contributed by atoms with van der Waals surface area (Å²) in [7, 11) is 1.69. The van der Waals surface area contributed by atoms with Gasteiger partial charge in [-0.3, -0.25) is 0 Å². The molecule has 1 aromatic heterocycles. The van der Waals surface area contributed by atoms with E-state index in [0.29, 0.717) is 0 Å². The maximum atomic E-state index is 5.27. The van der Waals surface area contributed by atoms with Gasteiger partial charge in [-0.1, -0.05) is 6.92 Å². The lowest BCUT2D eigenvalue weighted by Gasteiger charge is -2.11.